The third kappa shape index (κ3) is 3.36. The number of nitrogens with one attached hydrogen (secondary N) is 2. The molecule has 5 amide bonds. The van der Waals surface area contributed by atoms with Crippen molar-refractivity contribution in [2.24, 2.45) is 0 Å². The zero-order chi connectivity index (χ0) is 20.4. The van der Waals surface area contributed by atoms with E-state index < -0.39 is 11.6 Å². The second-order valence-electron chi connectivity index (χ2n) is 6.85. The van der Waals surface area contributed by atoms with Gasteiger partial charge in [-0.15, -0.1) is 6.42 Å². The zero-order valence-electron chi connectivity index (χ0n) is 15.5. The Morgan fingerprint density at radius 2 is 1.79 bits per heavy atom. The topological polar surface area (TPSA) is 108 Å². The predicted octanol–water partition coefficient (Wildman–Crippen LogP) is 1.58. The summed E-state index contributed by atoms with van der Waals surface area (Å²) in [6.07, 6.45) is 8.79. The number of rotatable bonds is 2. The number of imide groups is 1. The van der Waals surface area contributed by atoms with Gasteiger partial charge in [0, 0.05) is 25.5 Å². The third-order valence-electron chi connectivity index (χ3n) is 5.12. The van der Waals surface area contributed by atoms with Crippen molar-refractivity contribution in [2.75, 3.05) is 23.3 Å². The molecule has 146 valence electrons. The van der Waals surface area contributed by atoms with Crippen molar-refractivity contribution in [2.45, 2.75) is 18.4 Å². The fourth-order valence-electron chi connectivity index (χ4n) is 3.50. The first-order chi connectivity index (χ1) is 14.0. The van der Waals surface area contributed by atoms with E-state index in [4.69, 9.17) is 6.42 Å². The van der Waals surface area contributed by atoms with Gasteiger partial charge in [0.1, 0.15) is 5.54 Å². The van der Waals surface area contributed by atoms with Gasteiger partial charge in [-0.2, -0.15) is 0 Å². The van der Waals surface area contributed by atoms with Crippen molar-refractivity contribution in [3.05, 3.63) is 48.3 Å². The number of hydrogen-bond donors (Lipinski definition) is 2. The summed E-state index contributed by atoms with van der Waals surface area (Å²) in [5, 5.41) is 5.44. The van der Waals surface area contributed by atoms with Gasteiger partial charge in [-0.25, -0.2) is 24.5 Å². The summed E-state index contributed by atoms with van der Waals surface area (Å²) in [6, 6.07) is 7.97. The molecule has 2 aliphatic rings. The van der Waals surface area contributed by atoms with Crippen molar-refractivity contribution in [3.8, 4) is 12.3 Å². The first-order valence-electron chi connectivity index (χ1n) is 9.09. The molecule has 1 aromatic heterocycles. The molecule has 0 radical (unpaired) electrons. The van der Waals surface area contributed by atoms with Crippen LogP contribution in [-0.2, 0) is 4.79 Å². The molecule has 0 atom stereocenters. The average Bonchev–Trinajstić information content (AvgIpc) is 2.99. The number of terminal acetylenes is 1. The summed E-state index contributed by atoms with van der Waals surface area (Å²) in [4.78, 5) is 48.6. The van der Waals surface area contributed by atoms with Crippen LogP contribution in [0.5, 0.6) is 0 Å². The van der Waals surface area contributed by atoms with Crippen LogP contribution in [0.25, 0.3) is 0 Å². The van der Waals surface area contributed by atoms with Gasteiger partial charge in [-0.3, -0.25) is 10.1 Å². The minimum absolute atomic E-state index is 0.148. The minimum Gasteiger partial charge on any atom is -0.324 e. The Morgan fingerprint density at radius 3 is 2.41 bits per heavy atom. The molecule has 2 saturated heterocycles. The predicted molar refractivity (Wildman–Crippen MR) is 105 cm³/mol. The molecular formula is C20H18N6O3. The van der Waals surface area contributed by atoms with Gasteiger partial charge in [-0.05, 0) is 25.0 Å². The lowest BCUT2D eigenvalue weighted by Gasteiger charge is -2.37. The van der Waals surface area contributed by atoms with Gasteiger partial charge >= 0.3 is 12.1 Å². The van der Waals surface area contributed by atoms with E-state index in [1.807, 2.05) is 6.07 Å². The Labute approximate surface area is 167 Å². The van der Waals surface area contributed by atoms with Crippen LogP contribution in [0.3, 0.4) is 0 Å². The fourth-order valence-corrected chi connectivity index (χ4v) is 3.50. The van der Waals surface area contributed by atoms with E-state index in [1.54, 1.807) is 29.2 Å². The molecule has 0 unspecified atom stereocenters. The van der Waals surface area contributed by atoms with Crippen LogP contribution in [0.1, 0.15) is 18.4 Å². The lowest BCUT2D eigenvalue weighted by molar-refractivity contribution is -0.123. The highest BCUT2D eigenvalue weighted by molar-refractivity contribution is 6.23. The molecule has 9 heteroatoms. The molecule has 0 bridgehead atoms. The number of likely N-dealkylation sites (tertiary alicyclic amines) is 1. The number of amides is 5. The van der Waals surface area contributed by atoms with E-state index in [1.165, 1.54) is 12.4 Å². The maximum Gasteiger partial charge on any atom is 0.329 e. The van der Waals surface area contributed by atoms with Gasteiger partial charge in [0.25, 0.3) is 5.91 Å². The fraction of sp³-hybridized carbons (Fsp3) is 0.250. The van der Waals surface area contributed by atoms with Gasteiger partial charge in [0.2, 0.25) is 5.95 Å². The monoisotopic (exact) mass is 390 g/mol. The Bertz CT molecular complexity index is 991. The van der Waals surface area contributed by atoms with E-state index in [-0.39, 0.29) is 17.9 Å². The largest absolute Gasteiger partial charge is 0.329 e. The number of carbonyl (C=O) groups is 3. The molecule has 9 nitrogen and oxygen atoms in total. The first kappa shape index (κ1) is 18.4. The average molecular weight is 390 g/mol. The molecule has 0 aliphatic carbocycles. The third-order valence-corrected chi connectivity index (χ3v) is 5.12. The quantitative estimate of drug-likeness (QED) is 0.598. The van der Waals surface area contributed by atoms with Gasteiger partial charge in [0.15, 0.2) is 0 Å². The molecule has 0 saturated carbocycles. The van der Waals surface area contributed by atoms with Crippen LogP contribution in [0, 0.1) is 12.3 Å². The summed E-state index contributed by atoms with van der Waals surface area (Å²) >= 11 is 0. The maximum absolute atomic E-state index is 13.0. The van der Waals surface area contributed by atoms with Crippen molar-refractivity contribution in [1.82, 2.24) is 20.2 Å². The lowest BCUT2D eigenvalue weighted by Crippen LogP contribution is -2.56. The zero-order valence-corrected chi connectivity index (χ0v) is 15.5. The number of hydrogen-bond acceptors (Lipinski definition) is 5. The van der Waals surface area contributed by atoms with Crippen molar-refractivity contribution < 1.29 is 14.4 Å². The number of nitrogens with zero attached hydrogens (tertiary/aromatic N) is 4. The Hall–Kier alpha value is -3.93. The van der Waals surface area contributed by atoms with Gasteiger partial charge in [-0.1, -0.05) is 24.1 Å². The van der Waals surface area contributed by atoms with Gasteiger partial charge < -0.3 is 10.2 Å². The number of carbonyl (C=O) groups excluding carboxylic acids is 3. The number of urea groups is 2. The van der Waals surface area contributed by atoms with E-state index >= 15 is 0 Å². The van der Waals surface area contributed by atoms with Crippen LogP contribution in [0.2, 0.25) is 0 Å². The van der Waals surface area contributed by atoms with Crippen LogP contribution in [-0.4, -0.2) is 51.5 Å². The molecule has 2 fully saturated rings. The Balaban J connectivity index is 1.41. The number of benzene rings is 1. The molecule has 1 spiro atoms. The molecule has 2 N–H and O–H groups in total. The highest BCUT2D eigenvalue weighted by Crippen LogP contribution is 2.32. The first-order valence-corrected chi connectivity index (χ1v) is 9.09. The number of anilines is 2. The summed E-state index contributed by atoms with van der Waals surface area (Å²) < 4.78 is 0. The standard InChI is InChI=1S/C20H18N6O3/c1-2-14-12-21-17(22-13-14)23-18(28)25-10-8-20(9-11-25)16(27)26(19(29)24-20)15-6-4-3-5-7-15/h1,3-7,12-13H,8-11H2,(H,24,29)(H,21,22,23,28). The molecule has 3 heterocycles. The van der Waals surface area contributed by atoms with E-state index in [0.717, 1.165) is 4.90 Å². The summed E-state index contributed by atoms with van der Waals surface area (Å²) in [7, 11) is 0. The Kier molecular flexibility index (Phi) is 4.60. The maximum atomic E-state index is 13.0. The van der Waals surface area contributed by atoms with Crippen LogP contribution in [0.4, 0.5) is 21.2 Å². The van der Waals surface area contributed by atoms with Crippen LogP contribution in [0.15, 0.2) is 42.7 Å². The summed E-state index contributed by atoms with van der Waals surface area (Å²) in [6.45, 7) is 0.617. The summed E-state index contributed by atoms with van der Waals surface area (Å²) in [5.74, 6) is 2.26. The van der Waals surface area contributed by atoms with E-state index in [9.17, 15) is 14.4 Å². The molecule has 1 aromatic carbocycles. The normalized spacial score (nSPS) is 17.8. The Morgan fingerprint density at radius 1 is 1.14 bits per heavy atom. The highest BCUT2D eigenvalue weighted by atomic mass is 16.2. The van der Waals surface area contributed by atoms with Gasteiger partial charge in [0.05, 0.1) is 11.3 Å². The van der Waals surface area contributed by atoms with Crippen LogP contribution >= 0.6 is 0 Å². The van der Waals surface area contributed by atoms with Crippen molar-refractivity contribution in [3.63, 3.8) is 0 Å². The minimum atomic E-state index is -0.991. The van der Waals surface area contributed by atoms with E-state index in [2.05, 4.69) is 26.5 Å². The van der Waals surface area contributed by atoms with Crippen LogP contribution < -0.4 is 15.5 Å². The second-order valence-corrected chi connectivity index (χ2v) is 6.85. The molecular weight excluding hydrogens is 372 g/mol. The van der Waals surface area contributed by atoms with E-state index in [0.29, 0.717) is 37.2 Å². The molecule has 4 rings (SSSR count). The lowest BCUT2D eigenvalue weighted by atomic mass is 9.87. The van der Waals surface area contributed by atoms with Crippen molar-refractivity contribution >= 4 is 29.6 Å². The molecule has 2 aliphatic heterocycles. The SMILES string of the molecule is C#Cc1cnc(NC(=O)N2CCC3(CC2)NC(=O)N(c2ccccc2)C3=O)nc1. The highest BCUT2D eigenvalue weighted by Gasteiger charge is 2.53. The molecule has 2 aromatic rings. The molecule has 29 heavy (non-hydrogen) atoms. The smallest absolute Gasteiger partial charge is 0.324 e. The van der Waals surface area contributed by atoms with Crippen molar-refractivity contribution in [1.29, 1.82) is 0 Å². The number of para-hydroxylation sites is 1. The summed E-state index contributed by atoms with van der Waals surface area (Å²) in [5.41, 5.74) is 0.0512. The number of piperidine rings is 1. The number of aromatic nitrogens is 2. The second kappa shape index (κ2) is 7.24.